The zero-order valence-electron chi connectivity index (χ0n) is 10.8. The summed E-state index contributed by atoms with van der Waals surface area (Å²) in [4.78, 5) is 6.47. The first-order valence-electron chi connectivity index (χ1n) is 6.02. The summed E-state index contributed by atoms with van der Waals surface area (Å²) < 4.78 is 0. The Balaban J connectivity index is 2.14. The van der Waals surface area contributed by atoms with Crippen molar-refractivity contribution >= 4 is 5.69 Å². The van der Waals surface area contributed by atoms with Crippen LogP contribution >= 0.6 is 0 Å². The summed E-state index contributed by atoms with van der Waals surface area (Å²) >= 11 is 0. The van der Waals surface area contributed by atoms with E-state index in [1.54, 1.807) is 0 Å². The lowest BCUT2D eigenvalue weighted by Crippen LogP contribution is -2.17. The Morgan fingerprint density at radius 3 is 2.67 bits per heavy atom. The minimum Gasteiger partial charge on any atom is -0.392 e. The molecule has 3 nitrogen and oxygen atoms in total. The molecule has 1 aromatic carbocycles. The largest absolute Gasteiger partial charge is 0.392 e. The SMILES string of the molecule is Cc1cc(N(C)Cc2ccccn2)ccc1CO. The molecule has 0 aliphatic carbocycles. The predicted molar refractivity (Wildman–Crippen MR) is 73.4 cm³/mol. The highest BCUT2D eigenvalue weighted by Gasteiger charge is 2.05. The van der Waals surface area contributed by atoms with Gasteiger partial charge in [-0.25, -0.2) is 0 Å². The van der Waals surface area contributed by atoms with Gasteiger partial charge >= 0.3 is 0 Å². The quantitative estimate of drug-likeness (QED) is 0.895. The number of nitrogens with zero attached hydrogens (tertiary/aromatic N) is 2. The molecule has 0 aliphatic heterocycles. The fourth-order valence-corrected chi connectivity index (χ4v) is 1.92. The number of benzene rings is 1. The van der Waals surface area contributed by atoms with E-state index < -0.39 is 0 Å². The second-order valence-corrected chi connectivity index (χ2v) is 4.45. The predicted octanol–water partition coefficient (Wildman–Crippen LogP) is 2.52. The van der Waals surface area contributed by atoms with Crippen LogP contribution in [0.4, 0.5) is 5.69 Å². The Morgan fingerprint density at radius 2 is 2.06 bits per heavy atom. The minimum atomic E-state index is 0.0933. The van der Waals surface area contributed by atoms with Crippen molar-refractivity contribution in [1.29, 1.82) is 0 Å². The molecule has 0 saturated carbocycles. The molecule has 2 rings (SSSR count). The third-order valence-electron chi connectivity index (χ3n) is 3.06. The number of anilines is 1. The van der Waals surface area contributed by atoms with Crippen molar-refractivity contribution in [1.82, 2.24) is 4.98 Å². The van der Waals surface area contributed by atoms with Crippen LogP contribution in [0.15, 0.2) is 42.6 Å². The summed E-state index contributed by atoms with van der Waals surface area (Å²) in [5, 5.41) is 9.16. The molecule has 0 atom stereocenters. The van der Waals surface area contributed by atoms with E-state index in [4.69, 9.17) is 5.11 Å². The molecular weight excluding hydrogens is 224 g/mol. The topological polar surface area (TPSA) is 36.4 Å². The third-order valence-corrected chi connectivity index (χ3v) is 3.06. The molecule has 0 aliphatic rings. The van der Waals surface area contributed by atoms with Crippen LogP contribution in [0.3, 0.4) is 0 Å². The van der Waals surface area contributed by atoms with Gasteiger partial charge in [-0.15, -0.1) is 0 Å². The van der Waals surface area contributed by atoms with Crippen LogP contribution in [-0.4, -0.2) is 17.1 Å². The lowest BCUT2D eigenvalue weighted by Gasteiger charge is -2.20. The van der Waals surface area contributed by atoms with Crippen molar-refractivity contribution < 1.29 is 5.11 Å². The summed E-state index contributed by atoms with van der Waals surface area (Å²) in [6.45, 7) is 2.89. The van der Waals surface area contributed by atoms with Crippen LogP contribution in [0.25, 0.3) is 0 Å². The lowest BCUT2D eigenvalue weighted by atomic mass is 10.1. The number of rotatable bonds is 4. The van der Waals surface area contributed by atoms with Gasteiger partial charge in [0.25, 0.3) is 0 Å². The van der Waals surface area contributed by atoms with Gasteiger partial charge in [-0.05, 0) is 42.3 Å². The Kier molecular flexibility index (Phi) is 3.95. The molecule has 1 N–H and O–H groups in total. The summed E-state index contributed by atoms with van der Waals surface area (Å²) in [5.41, 5.74) is 4.27. The van der Waals surface area contributed by atoms with Gasteiger partial charge in [0.1, 0.15) is 0 Å². The molecule has 0 bridgehead atoms. The molecule has 0 radical (unpaired) electrons. The van der Waals surface area contributed by atoms with Crippen molar-refractivity contribution in [3.05, 3.63) is 59.4 Å². The molecule has 3 heteroatoms. The smallest absolute Gasteiger partial charge is 0.0684 e. The molecule has 1 aromatic heterocycles. The number of hydrogen-bond acceptors (Lipinski definition) is 3. The summed E-state index contributed by atoms with van der Waals surface area (Å²) in [5.74, 6) is 0. The molecule has 0 unspecified atom stereocenters. The third kappa shape index (κ3) is 2.87. The monoisotopic (exact) mass is 242 g/mol. The van der Waals surface area contributed by atoms with Crippen LogP contribution in [0.5, 0.6) is 0 Å². The number of hydrogen-bond donors (Lipinski definition) is 1. The van der Waals surface area contributed by atoms with Gasteiger partial charge in [0.15, 0.2) is 0 Å². The zero-order valence-corrected chi connectivity index (χ0v) is 10.8. The lowest BCUT2D eigenvalue weighted by molar-refractivity contribution is 0.281. The standard InChI is InChI=1S/C15H18N2O/c1-12-9-15(7-6-13(12)11-18)17(2)10-14-5-3-4-8-16-14/h3-9,18H,10-11H2,1-2H3. The fraction of sp³-hybridized carbons (Fsp3) is 0.267. The molecule has 18 heavy (non-hydrogen) atoms. The maximum absolute atomic E-state index is 9.16. The Hall–Kier alpha value is -1.87. The maximum Gasteiger partial charge on any atom is 0.0684 e. The highest BCUT2D eigenvalue weighted by atomic mass is 16.3. The Labute approximate surface area is 108 Å². The highest BCUT2D eigenvalue weighted by Crippen LogP contribution is 2.19. The van der Waals surface area contributed by atoms with Gasteiger partial charge in [0, 0.05) is 18.9 Å². The van der Waals surface area contributed by atoms with E-state index in [9.17, 15) is 0 Å². The summed E-state index contributed by atoms with van der Waals surface area (Å²) in [7, 11) is 2.04. The first-order valence-corrected chi connectivity index (χ1v) is 6.02. The second kappa shape index (κ2) is 5.65. The average molecular weight is 242 g/mol. The van der Waals surface area contributed by atoms with E-state index in [0.29, 0.717) is 0 Å². The summed E-state index contributed by atoms with van der Waals surface area (Å²) in [6.07, 6.45) is 1.81. The molecule has 0 spiro atoms. The van der Waals surface area contributed by atoms with Crippen molar-refractivity contribution in [2.24, 2.45) is 0 Å². The van der Waals surface area contributed by atoms with E-state index in [1.807, 2.05) is 50.5 Å². The van der Waals surface area contributed by atoms with Gasteiger partial charge in [-0.1, -0.05) is 12.1 Å². The van der Waals surface area contributed by atoms with E-state index in [0.717, 1.165) is 29.1 Å². The van der Waals surface area contributed by atoms with Crippen molar-refractivity contribution in [3.8, 4) is 0 Å². The Morgan fingerprint density at radius 1 is 1.22 bits per heavy atom. The van der Waals surface area contributed by atoms with Gasteiger partial charge in [0.05, 0.1) is 18.8 Å². The van der Waals surface area contributed by atoms with Crippen LogP contribution in [0.1, 0.15) is 16.8 Å². The normalized spacial score (nSPS) is 10.4. The van der Waals surface area contributed by atoms with E-state index >= 15 is 0 Å². The van der Waals surface area contributed by atoms with E-state index in [-0.39, 0.29) is 6.61 Å². The minimum absolute atomic E-state index is 0.0933. The number of aromatic nitrogens is 1. The fourth-order valence-electron chi connectivity index (χ4n) is 1.92. The van der Waals surface area contributed by atoms with Gasteiger partial charge in [-0.3, -0.25) is 4.98 Å². The maximum atomic E-state index is 9.16. The molecule has 1 heterocycles. The zero-order chi connectivity index (χ0) is 13.0. The first kappa shape index (κ1) is 12.6. The molecule has 0 amide bonds. The highest BCUT2D eigenvalue weighted by molar-refractivity contribution is 5.50. The average Bonchev–Trinajstić information content (AvgIpc) is 2.39. The molecule has 0 fully saturated rings. The van der Waals surface area contributed by atoms with Crippen LogP contribution in [0.2, 0.25) is 0 Å². The Bertz CT molecular complexity index is 511. The van der Waals surface area contributed by atoms with Crippen molar-refractivity contribution in [2.45, 2.75) is 20.1 Å². The first-order chi connectivity index (χ1) is 8.70. The van der Waals surface area contributed by atoms with Gasteiger partial charge in [-0.2, -0.15) is 0 Å². The van der Waals surface area contributed by atoms with Gasteiger partial charge in [0.2, 0.25) is 0 Å². The van der Waals surface area contributed by atoms with Crippen molar-refractivity contribution in [2.75, 3.05) is 11.9 Å². The molecule has 94 valence electrons. The molecule has 2 aromatic rings. The molecular formula is C15H18N2O. The number of aliphatic hydroxyl groups excluding tert-OH is 1. The van der Waals surface area contributed by atoms with Crippen LogP contribution in [-0.2, 0) is 13.2 Å². The number of pyridine rings is 1. The molecule has 0 saturated heterocycles. The van der Waals surface area contributed by atoms with E-state index in [1.165, 1.54) is 0 Å². The number of aliphatic hydroxyl groups is 1. The van der Waals surface area contributed by atoms with Gasteiger partial charge < -0.3 is 10.0 Å². The number of aryl methyl sites for hydroxylation is 1. The second-order valence-electron chi connectivity index (χ2n) is 4.45. The summed E-state index contributed by atoms with van der Waals surface area (Å²) in [6, 6.07) is 12.0. The van der Waals surface area contributed by atoms with Crippen LogP contribution in [0, 0.1) is 6.92 Å². The van der Waals surface area contributed by atoms with Crippen molar-refractivity contribution in [3.63, 3.8) is 0 Å². The van der Waals surface area contributed by atoms with E-state index in [2.05, 4.69) is 16.0 Å². The van der Waals surface area contributed by atoms with Crippen LogP contribution < -0.4 is 4.90 Å².